The van der Waals surface area contributed by atoms with Crippen LogP contribution in [0.15, 0.2) is 0 Å². The topological polar surface area (TPSA) is 72.8 Å². The zero-order valence-electron chi connectivity index (χ0n) is 24.4. The Labute approximate surface area is 223 Å². The molecule has 0 aromatic rings. The highest BCUT2D eigenvalue weighted by Gasteiger charge is 2.16. The van der Waals surface area contributed by atoms with Crippen LogP contribution < -0.4 is 0 Å². The van der Waals surface area contributed by atoms with Crippen LogP contribution in [0.2, 0.25) is 0 Å². The molecule has 1 N–H and O–H groups in total. The van der Waals surface area contributed by atoms with Crippen molar-refractivity contribution in [2.24, 2.45) is 11.8 Å². The highest BCUT2D eigenvalue weighted by atomic mass is 16.6. The van der Waals surface area contributed by atoms with Crippen molar-refractivity contribution in [1.29, 1.82) is 0 Å². The molecule has 0 aliphatic carbocycles. The van der Waals surface area contributed by atoms with Crippen LogP contribution >= 0.6 is 0 Å². The molecule has 1 atom stereocenters. The molecular weight excluding hydrogens is 452 g/mol. The van der Waals surface area contributed by atoms with Gasteiger partial charge in [0.1, 0.15) is 6.61 Å². The lowest BCUT2D eigenvalue weighted by atomic mass is 10.0. The fraction of sp³-hybridized carbons (Fsp3) is 0.935. The first-order valence-corrected chi connectivity index (χ1v) is 15.3. The molecule has 0 saturated carbocycles. The number of carbonyl (C=O) groups is 2. The van der Waals surface area contributed by atoms with Crippen molar-refractivity contribution in [1.82, 2.24) is 0 Å². The number of hydrogen-bond donors (Lipinski definition) is 1. The molecular formula is C31H60O5. The second kappa shape index (κ2) is 25.5. The lowest BCUT2D eigenvalue weighted by Gasteiger charge is -2.15. The molecule has 0 aromatic carbocycles. The fourth-order valence-electron chi connectivity index (χ4n) is 4.39. The molecule has 5 nitrogen and oxygen atoms in total. The molecule has 0 fully saturated rings. The Hall–Kier alpha value is -1.10. The van der Waals surface area contributed by atoms with Gasteiger partial charge in [-0.15, -0.1) is 0 Å². The smallest absolute Gasteiger partial charge is 0.306 e. The van der Waals surface area contributed by atoms with Crippen molar-refractivity contribution in [2.75, 3.05) is 13.2 Å². The van der Waals surface area contributed by atoms with E-state index in [-0.39, 0.29) is 25.2 Å². The summed E-state index contributed by atoms with van der Waals surface area (Å²) in [5.41, 5.74) is 0. The number of hydrogen-bond acceptors (Lipinski definition) is 5. The maximum absolute atomic E-state index is 12.0. The highest BCUT2D eigenvalue weighted by molar-refractivity contribution is 5.70. The molecule has 0 radical (unpaired) electrons. The molecule has 0 aliphatic rings. The van der Waals surface area contributed by atoms with Crippen LogP contribution in [-0.2, 0) is 19.1 Å². The van der Waals surface area contributed by atoms with Gasteiger partial charge in [0, 0.05) is 12.8 Å². The predicted octanol–water partition coefficient (Wildman–Crippen LogP) is 8.55. The Morgan fingerprint density at radius 1 is 0.556 bits per heavy atom. The summed E-state index contributed by atoms with van der Waals surface area (Å²) in [5.74, 6) is 1.02. The molecule has 36 heavy (non-hydrogen) atoms. The number of unbranched alkanes of at least 4 members (excludes halogenated alkanes) is 14. The maximum atomic E-state index is 12.0. The zero-order chi connectivity index (χ0) is 26.9. The van der Waals surface area contributed by atoms with E-state index in [4.69, 9.17) is 9.47 Å². The van der Waals surface area contributed by atoms with Gasteiger partial charge in [0.25, 0.3) is 0 Å². The van der Waals surface area contributed by atoms with Crippen LogP contribution in [0.4, 0.5) is 0 Å². The first kappa shape index (κ1) is 34.9. The van der Waals surface area contributed by atoms with Crippen molar-refractivity contribution in [3.63, 3.8) is 0 Å². The molecule has 5 heteroatoms. The normalized spacial score (nSPS) is 12.3. The summed E-state index contributed by atoms with van der Waals surface area (Å²) in [6.07, 6.45) is 21.6. The minimum absolute atomic E-state index is 0.0614. The summed E-state index contributed by atoms with van der Waals surface area (Å²) in [4.78, 5) is 24.0. The zero-order valence-corrected chi connectivity index (χ0v) is 24.4. The van der Waals surface area contributed by atoms with Crippen LogP contribution in [0, 0.1) is 11.8 Å². The van der Waals surface area contributed by atoms with Crippen LogP contribution in [0.3, 0.4) is 0 Å². The largest absolute Gasteiger partial charge is 0.462 e. The molecule has 0 aromatic heterocycles. The van der Waals surface area contributed by atoms with Crippen molar-refractivity contribution in [2.45, 2.75) is 162 Å². The van der Waals surface area contributed by atoms with Gasteiger partial charge >= 0.3 is 11.9 Å². The van der Waals surface area contributed by atoms with Crippen molar-refractivity contribution < 1.29 is 24.2 Å². The van der Waals surface area contributed by atoms with Crippen LogP contribution in [0.25, 0.3) is 0 Å². The number of carbonyl (C=O) groups excluding carboxylic acids is 2. The Kier molecular flexibility index (Phi) is 24.8. The lowest BCUT2D eigenvalue weighted by Crippen LogP contribution is -2.28. The fourth-order valence-corrected chi connectivity index (χ4v) is 4.39. The Balaban J connectivity index is 3.59. The van der Waals surface area contributed by atoms with Crippen molar-refractivity contribution in [3.8, 4) is 0 Å². The molecule has 0 aliphatic heterocycles. The van der Waals surface area contributed by atoms with E-state index in [0.717, 1.165) is 50.4 Å². The van der Waals surface area contributed by atoms with Crippen molar-refractivity contribution >= 4 is 11.9 Å². The van der Waals surface area contributed by atoms with Crippen LogP contribution in [0.5, 0.6) is 0 Å². The Morgan fingerprint density at radius 2 is 0.917 bits per heavy atom. The van der Waals surface area contributed by atoms with Gasteiger partial charge in [-0.25, -0.2) is 0 Å². The third kappa shape index (κ3) is 26.0. The number of rotatable bonds is 26. The van der Waals surface area contributed by atoms with Crippen LogP contribution in [0.1, 0.15) is 156 Å². The van der Waals surface area contributed by atoms with Gasteiger partial charge in [0.05, 0.1) is 6.61 Å². The van der Waals surface area contributed by atoms with Gasteiger partial charge in [-0.3, -0.25) is 9.59 Å². The van der Waals surface area contributed by atoms with Crippen molar-refractivity contribution in [3.05, 3.63) is 0 Å². The molecule has 214 valence electrons. The molecule has 0 unspecified atom stereocenters. The second-order valence-electron chi connectivity index (χ2n) is 11.5. The van der Waals surface area contributed by atoms with E-state index in [0.29, 0.717) is 12.8 Å². The first-order chi connectivity index (χ1) is 17.3. The van der Waals surface area contributed by atoms with Crippen LogP contribution in [-0.4, -0.2) is 36.4 Å². The van der Waals surface area contributed by atoms with E-state index in [1.165, 1.54) is 77.0 Å². The minimum Gasteiger partial charge on any atom is -0.462 e. The summed E-state index contributed by atoms with van der Waals surface area (Å²) < 4.78 is 10.5. The first-order valence-electron chi connectivity index (χ1n) is 15.3. The average molecular weight is 513 g/mol. The minimum atomic E-state index is -0.761. The number of aliphatic hydroxyl groups is 1. The lowest BCUT2D eigenvalue weighted by molar-refractivity contribution is -0.161. The van der Waals surface area contributed by atoms with Gasteiger partial charge in [-0.2, -0.15) is 0 Å². The molecule has 0 amide bonds. The van der Waals surface area contributed by atoms with E-state index in [2.05, 4.69) is 27.7 Å². The van der Waals surface area contributed by atoms with Gasteiger partial charge in [0.2, 0.25) is 0 Å². The third-order valence-corrected chi connectivity index (χ3v) is 6.76. The SMILES string of the molecule is CC(C)CCCCCCCCCCCC(=O)O[C@@H](CO)COC(=O)CCCCCCCCCC(C)C. The molecule has 0 rings (SSSR count). The number of aliphatic hydroxyl groups excluding tert-OH is 1. The van der Waals surface area contributed by atoms with E-state index >= 15 is 0 Å². The number of esters is 2. The van der Waals surface area contributed by atoms with Gasteiger partial charge in [-0.1, -0.05) is 130 Å². The highest BCUT2D eigenvalue weighted by Crippen LogP contribution is 2.15. The second-order valence-corrected chi connectivity index (χ2v) is 11.5. The van der Waals surface area contributed by atoms with E-state index < -0.39 is 6.10 Å². The van der Waals surface area contributed by atoms with E-state index in [1.54, 1.807) is 0 Å². The summed E-state index contributed by atoms with van der Waals surface area (Å²) in [5, 5.41) is 9.46. The monoisotopic (exact) mass is 512 g/mol. The maximum Gasteiger partial charge on any atom is 0.306 e. The van der Waals surface area contributed by atoms with E-state index in [9.17, 15) is 14.7 Å². The van der Waals surface area contributed by atoms with Gasteiger partial charge < -0.3 is 14.6 Å². The molecule has 0 bridgehead atoms. The van der Waals surface area contributed by atoms with E-state index in [1.807, 2.05) is 0 Å². The van der Waals surface area contributed by atoms with Gasteiger partial charge in [-0.05, 0) is 24.7 Å². The summed E-state index contributed by atoms with van der Waals surface area (Å²) in [6, 6.07) is 0. The van der Waals surface area contributed by atoms with Gasteiger partial charge in [0.15, 0.2) is 6.10 Å². The Morgan fingerprint density at radius 3 is 1.31 bits per heavy atom. The average Bonchev–Trinajstić information content (AvgIpc) is 2.83. The molecule has 0 heterocycles. The predicted molar refractivity (Wildman–Crippen MR) is 150 cm³/mol. The summed E-state index contributed by atoms with van der Waals surface area (Å²) in [7, 11) is 0. The number of ether oxygens (including phenoxy) is 2. The summed E-state index contributed by atoms with van der Waals surface area (Å²) >= 11 is 0. The molecule has 0 saturated heterocycles. The molecule has 0 spiro atoms. The standard InChI is InChI=1S/C31H60O5/c1-27(2)21-17-13-9-6-5-7-11-16-20-24-31(34)36-29(25-32)26-35-30(33)23-19-15-12-8-10-14-18-22-28(3)4/h27-29,32H,5-26H2,1-4H3/t29-/m0/s1. The Bertz CT molecular complexity index is 503. The summed E-state index contributed by atoms with van der Waals surface area (Å²) in [6.45, 7) is 8.72. The quantitative estimate of drug-likeness (QED) is 0.0928. The third-order valence-electron chi connectivity index (χ3n) is 6.76.